The summed E-state index contributed by atoms with van der Waals surface area (Å²) in [7, 11) is 0. The summed E-state index contributed by atoms with van der Waals surface area (Å²) in [6.07, 6.45) is 0. The minimum absolute atomic E-state index is 0. The summed E-state index contributed by atoms with van der Waals surface area (Å²) in [5, 5.41) is 0. The molecule has 0 fully saturated rings. The van der Waals surface area contributed by atoms with Gasteiger partial charge in [0.05, 0.1) is 0 Å². The van der Waals surface area contributed by atoms with Crippen LogP contribution in [-0.2, 0) is 28.4 Å². The van der Waals surface area contributed by atoms with E-state index in [0.29, 0.717) is 0 Å². The molecule has 0 aliphatic rings. The quantitative estimate of drug-likeness (QED) is 0.287. The van der Waals surface area contributed by atoms with Crippen LogP contribution in [0.5, 0.6) is 0 Å². The van der Waals surface area contributed by atoms with Crippen LogP contribution in [0.25, 0.3) is 0 Å². The Bertz CT molecular complexity index is 31.9. The second-order valence-electron chi connectivity index (χ2n) is 0.204. The van der Waals surface area contributed by atoms with Crippen molar-refractivity contribution in [1.82, 2.24) is 0 Å². The van der Waals surface area contributed by atoms with Crippen molar-refractivity contribution in [3.05, 3.63) is 0 Å². The van der Waals surface area contributed by atoms with Gasteiger partial charge in [0, 0.05) is 0 Å². The summed E-state index contributed by atoms with van der Waals surface area (Å²) in [6, 6.07) is 0. The third-order valence-corrected chi connectivity index (χ3v) is 0. The zero-order valence-corrected chi connectivity index (χ0v) is 5.91. The van der Waals surface area contributed by atoms with Crippen molar-refractivity contribution in [1.29, 1.82) is 0 Å². The van der Waals surface area contributed by atoms with Gasteiger partial charge >= 0.3 is 17.1 Å². The Morgan fingerprint density at radius 3 is 0.889 bits per heavy atom. The first-order valence-electron chi connectivity index (χ1n) is 0.500. The summed E-state index contributed by atoms with van der Waals surface area (Å²) >= 11 is -3.11. The summed E-state index contributed by atoms with van der Waals surface area (Å²) < 4.78 is 25.3. The molecule has 0 rings (SSSR count). The van der Waals surface area contributed by atoms with Gasteiger partial charge in [0.1, 0.15) is 0 Å². The maximum atomic E-state index is 8.44. The fraction of sp³-hybridized carbons (Fsp3) is 0. The Hall–Kier alpha value is 0.429. The van der Waals surface area contributed by atoms with Gasteiger partial charge in [0.25, 0.3) is 0 Å². The van der Waals surface area contributed by atoms with Gasteiger partial charge < -0.3 is 31.0 Å². The molecule has 0 spiro atoms. The number of hydrogen-bond acceptors (Lipinski definition) is 3. The van der Waals surface area contributed by atoms with E-state index >= 15 is 0 Å². The molecular weight excluding hydrogens is 200 g/mol. The molecule has 0 aliphatic heterocycles. The zero-order chi connectivity index (χ0) is 3.58. The molecule has 0 saturated carbocycles. The molecule has 0 amide bonds. The Morgan fingerprint density at radius 2 is 0.889 bits per heavy atom. The van der Waals surface area contributed by atoms with Crippen molar-refractivity contribution in [2.75, 3.05) is 0 Å². The average molecular weight is 208 g/mol. The van der Waals surface area contributed by atoms with Gasteiger partial charge in [-0.1, -0.05) is 0 Å². The van der Waals surface area contributed by atoms with E-state index in [-0.39, 0.29) is 39.0 Å². The fourth-order valence-corrected chi connectivity index (χ4v) is 0. The van der Waals surface area contributed by atoms with Crippen molar-refractivity contribution in [2.24, 2.45) is 0 Å². The molecule has 0 radical (unpaired) electrons. The van der Waals surface area contributed by atoms with Gasteiger partial charge in [-0.2, -0.15) is 0 Å². The van der Waals surface area contributed by atoms with Crippen LogP contribution in [0, 0.1) is 0 Å². The van der Waals surface area contributed by atoms with E-state index in [4.69, 9.17) is 13.3 Å². The minimum atomic E-state index is -3.11. The molecule has 9 heteroatoms. The maximum Gasteiger partial charge on any atom is 2.00 e. The van der Waals surface area contributed by atoms with Gasteiger partial charge in [-0.25, -0.2) is 0 Å². The van der Waals surface area contributed by atoms with E-state index in [9.17, 15) is 0 Å². The summed E-state index contributed by atoms with van der Waals surface area (Å²) in [6.45, 7) is 0. The van der Waals surface area contributed by atoms with E-state index in [1.54, 1.807) is 0 Å². The smallest absolute Gasteiger partial charge is 0.784 e. The number of rotatable bonds is 0. The van der Waals surface area contributed by atoms with Crippen molar-refractivity contribution in [3.8, 4) is 0 Å². The topological polar surface area (TPSA) is 189 Å². The molecule has 0 aromatic rings. The molecule has 0 heterocycles. The molecule has 0 aromatic carbocycles. The van der Waals surface area contributed by atoms with Crippen LogP contribution >= 0.6 is 0 Å². The van der Waals surface area contributed by atoms with Crippen molar-refractivity contribution >= 4 is 11.4 Å². The van der Waals surface area contributed by atoms with E-state index in [2.05, 4.69) is 0 Å². The second-order valence-corrected chi connectivity index (χ2v) is 0.612. The van der Waals surface area contributed by atoms with Crippen LogP contribution in [-0.4, -0.2) is 35.2 Å². The standard InChI is InChI=1S/Fe.H2O3S.4H2O/c;1-4(2)3;;;;/h;(H2,1,2,3);4*1H2/q+2;;;;;/p-2. The Kier molecular flexibility index (Phi) is 250. The first-order valence-corrected chi connectivity index (χ1v) is 1.50. The van der Waals surface area contributed by atoms with Crippen LogP contribution in [0.4, 0.5) is 0 Å². The minimum Gasteiger partial charge on any atom is -0.784 e. The average Bonchev–Trinajstić information content (AvgIpc) is 0.811. The van der Waals surface area contributed by atoms with Gasteiger partial charge in [0.2, 0.25) is 0 Å². The van der Waals surface area contributed by atoms with Gasteiger partial charge in [-0.15, -0.1) is 11.4 Å². The van der Waals surface area contributed by atoms with Crippen LogP contribution < -0.4 is 0 Å². The predicted octanol–water partition coefficient (Wildman–Crippen LogP) is -4.31. The molecule has 0 aromatic heterocycles. The van der Waals surface area contributed by atoms with Crippen LogP contribution in [0.2, 0.25) is 0 Å². The van der Waals surface area contributed by atoms with Gasteiger partial charge in [0.15, 0.2) is 0 Å². The molecule has 0 saturated heterocycles. The van der Waals surface area contributed by atoms with Gasteiger partial charge in [-0.3, -0.25) is 4.21 Å². The Balaban J connectivity index is -0.00000000450. The molecule has 0 unspecified atom stereocenters. The van der Waals surface area contributed by atoms with Crippen LogP contribution in [0.3, 0.4) is 0 Å². The molecule has 9 heavy (non-hydrogen) atoms. The van der Waals surface area contributed by atoms with E-state index in [0.717, 1.165) is 0 Å². The maximum absolute atomic E-state index is 8.44. The largest absolute Gasteiger partial charge is 2.00 e. The summed E-state index contributed by atoms with van der Waals surface area (Å²) in [5.74, 6) is 0. The van der Waals surface area contributed by atoms with Gasteiger partial charge in [-0.05, 0) is 0 Å². The van der Waals surface area contributed by atoms with Crippen molar-refractivity contribution in [2.45, 2.75) is 0 Å². The third kappa shape index (κ3) is 1890. The molecule has 0 atom stereocenters. The van der Waals surface area contributed by atoms with Crippen LogP contribution in [0.1, 0.15) is 0 Å². The first kappa shape index (κ1) is 57.0. The monoisotopic (exact) mass is 208 g/mol. The van der Waals surface area contributed by atoms with Crippen LogP contribution in [0.15, 0.2) is 0 Å². The molecule has 0 aliphatic carbocycles. The first-order chi connectivity index (χ1) is 1.73. The van der Waals surface area contributed by atoms with Crippen molar-refractivity contribution < 1.29 is 52.3 Å². The second kappa shape index (κ2) is 39.6. The number of hydrogen-bond donors (Lipinski definition) is 0. The normalized spacial score (nSPS) is 3.89. The summed E-state index contributed by atoms with van der Waals surface area (Å²) in [4.78, 5) is 0. The summed E-state index contributed by atoms with van der Waals surface area (Å²) in [5.41, 5.74) is 0. The van der Waals surface area contributed by atoms with E-state index < -0.39 is 11.4 Å². The van der Waals surface area contributed by atoms with E-state index in [1.165, 1.54) is 0 Å². The molecular formula is H8FeO7S. The Morgan fingerprint density at radius 1 is 0.889 bits per heavy atom. The molecule has 0 bridgehead atoms. The SMILES string of the molecule is O.O.O.O.O=S([O-])[O-].[Fe+2]. The molecule has 64 valence electrons. The molecule has 8 N–H and O–H groups in total. The van der Waals surface area contributed by atoms with Crippen molar-refractivity contribution in [3.63, 3.8) is 0 Å². The molecule has 7 nitrogen and oxygen atoms in total. The zero-order valence-electron chi connectivity index (χ0n) is 3.99. The third-order valence-electron chi connectivity index (χ3n) is 0. The Labute approximate surface area is 64.3 Å². The predicted molar refractivity (Wildman–Crippen MR) is 24.2 cm³/mol. The fourth-order valence-electron chi connectivity index (χ4n) is 0. The van der Waals surface area contributed by atoms with E-state index in [1.807, 2.05) is 0 Å².